The first kappa shape index (κ1) is 17.8. The van der Waals surface area contributed by atoms with Crippen molar-refractivity contribution in [3.63, 3.8) is 0 Å². The number of aliphatic imine (C=N–C) groups is 1. The number of halogens is 4. The molecule has 1 aromatic rings. The van der Waals surface area contributed by atoms with Crippen LogP contribution in [0.2, 0.25) is 0 Å². The Morgan fingerprint density at radius 2 is 2.14 bits per heavy atom. The van der Waals surface area contributed by atoms with E-state index in [1.165, 1.54) is 11.8 Å². The van der Waals surface area contributed by atoms with Gasteiger partial charge in [0.1, 0.15) is 9.75 Å². The Morgan fingerprint density at radius 1 is 1.43 bits per heavy atom. The van der Waals surface area contributed by atoms with Gasteiger partial charge in [0, 0.05) is 10.2 Å². The lowest BCUT2D eigenvalue weighted by Gasteiger charge is -2.24. The zero-order chi connectivity index (χ0) is 15.5. The highest BCUT2D eigenvalue weighted by atomic mass is 79.9. The normalized spacial score (nSPS) is 16.5. The molecule has 0 aliphatic carbocycles. The van der Waals surface area contributed by atoms with Gasteiger partial charge in [-0.15, -0.1) is 0 Å². The Bertz CT molecular complexity index is 566. The summed E-state index contributed by atoms with van der Waals surface area (Å²) in [6, 6.07) is 7.07. The molecule has 21 heavy (non-hydrogen) atoms. The third-order valence-electron chi connectivity index (χ3n) is 2.45. The average Bonchev–Trinajstić information content (AvgIpc) is 2.90. The van der Waals surface area contributed by atoms with Crippen LogP contribution in [-0.2, 0) is 0 Å². The van der Waals surface area contributed by atoms with Gasteiger partial charge in [-0.1, -0.05) is 70.5 Å². The highest BCUT2D eigenvalue weighted by Gasteiger charge is 2.36. The summed E-state index contributed by atoms with van der Waals surface area (Å²) in [4.78, 5) is 16.6. The maximum absolute atomic E-state index is 12.3. The molecule has 0 fully saturated rings. The van der Waals surface area contributed by atoms with Gasteiger partial charge in [0.2, 0.25) is 3.79 Å². The molecule has 0 radical (unpaired) electrons. The van der Waals surface area contributed by atoms with Crippen molar-refractivity contribution in [1.82, 2.24) is 5.32 Å². The topological polar surface area (TPSA) is 41.5 Å². The third kappa shape index (κ3) is 5.22. The molecule has 1 heterocycles. The summed E-state index contributed by atoms with van der Waals surface area (Å²) in [7, 11) is 0. The fourth-order valence-electron chi connectivity index (χ4n) is 1.51. The van der Waals surface area contributed by atoms with Crippen molar-refractivity contribution in [1.29, 1.82) is 0 Å². The molecule has 1 amide bonds. The third-order valence-corrected chi connectivity index (χ3v) is 6.63. The van der Waals surface area contributed by atoms with Crippen molar-refractivity contribution >= 4 is 84.5 Å². The van der Waals surface area contributed by atoms with Crippen LogP contribution < -0.4 is 5.32 Å². The number of rotatable bonds is 3. The van der Waals surface area contributed by atoms with Crippen molar-refractivity contribution in [2.45, 2.75) is 9.17 Å². The maximum Gasteiger partial charge on any atom is 0.253 e. The van der Waals surface area contributed by atoms with Crippen LogP contribution in [-0.4, -0.2) is 31.7 Å². The molecule has 0 bridgehead atoms. The monoisotopic (exact) mass is 446 g/mol. The summed E-state index contributed by atoms with van der Waals surface area (Å²) in [5, 5.41) is 2.03. The number of carbonyl (C=O) groups excluding carboxylic acids is 1. The zero-order valence-electron chi connectivity index (χ0n) is 10.5. The number of hydrogen-bond donors (Lipinski definition) is 1. The van der Waals surface area contributed by atoms with Gasteiger partial charge in [-0.2, -0.15) is 0 Å². The van der Waals surface area contributed by atoms with Gasteiger partial charge in [-0.25, -0.2) is 0 Å². The van der Waals surface area contributed by atoms with Crippen molar-refractivity contribution in [2.24, 2.45) is 4.99 Å². The molecule has 1 N–H and O–H groups in total. The van der Waals surface area contributed by atoms with Gasteiger partial charge in [-0.05, 0) is 28.1 Å². The predicted molar refractivity (Wildman–Crippen MR) is 98.0 cm³/mol. The number of carbonyl (C=O) groups is 1. The molecule has 0 saturated carbocycles. The summed E-state index contributed by atoms with van der Waals surface area (Å²) >= 11 is 24.1. The average molecular weight is 449 g/mol. The van der Waals surface area contributed by atoms with Gasteiger partial charge < -0.3 is 5.32 Å². The van der Waals surface area contributed by atoms with E-state index in [-0.39, 0.29) is 5.91 Å². The van der Waals surface area contributed by atoms with Crippen molar-refractivity contribution in [3.05, 3.63) is 34.3 Å². The molecule has 1 aliphatic heterocycles. The first-order valence-electron chi connectivity index (χ1n) is 5.84. The van der Waals surface area contributed by atoms with Crippen LogP contribution in [0.4, 0.5) is 0 Å². The molecule has 9 heteroatoms. The maximum atomic E-state index is 12.3. The SMILES string of the molecule is O=C(N[C@@H](SC1=NCCS1)C(Cl)(Cl)Cl)c1ccccc1Br. The lowest BCUT2D eigenvalue weighted by atomic mass is 10.2. The molecule has 2 rings (SSSR count). The zero-order valence-corrected chi connectivity index (χ0v) is 16.0. The summed E-state index contributed by atoms with van der Waals surface area (Å²) in [6.45, 7) is 0.748. The van der Waals surface area contributed by atoms with Gasteiger partial charge >= 0.3 is 0 Å². The second-order valence-corrected chi connectivity index (χ2v) is 9.65. The van der Waals surface area contributed by atoms with Crippen LogP contribution in [0.1, 0.15) is 10.4 Å². The van der Waals surface area contributed by atoms with E-state index in [2.05, 4.69) is 26.2 Å². The Labute approximate surface area is 154 Å². The van der Waals surface area contributed by atoms with E-state index in [1.54, 1.807) is 30.0 Å². The standard InChI is InChI=1S/C12H10BrCl3N2OS2/c13-8-4-2-1-3-7(8)9(19)18-10(12(14,15)16)21-11-17-5-6-20-11/h1-4,10H,5-6H2,(H,18,19)/t10-/m0/s1. The number of nitrogens with zero attached hydrogens (tertiary/aromatic N) is 1. The fourth-order valence-corrected chi connectivity index (χ4v) is 4.55. The second kappa shape index (κ2) is 7.79. The smallest absolute Gasteiger partial charge is 0.253 e. The summed E-state index contributed by atoms with van der Waals surface area (Å²) in [6.07, 6.45) is 0. The van der Waals surface area contributed by atoms with Crippen LogP contribution in [0.5, 0.6) is 0 Å². The van der Waals surface area contributed by atoms with E-state index in [1.807, 2.05) is 6.07 Å². The Balaban J connectivity index is 2.11. The first-order chi connectivity index (χ1) is 9.88. The van der Waals surface area contributed by atoms with E-state index < -0.39 is 9.17 Å². The van der Waals surface area contributed by atoms with Gasteiger partial charge in [0.25, 0.3) is 5.91 Å². The Morgan fingerprint density at radius 3 is 2.71 bits per heavy atom. The molecule has 0 aromatic heterocycles. The largest absolute Gasteiger partial charge is 0.336 e. The molecular formula is C12H10BrCl3N2OS2. The highest BCUT2D eigenvalue weighted by molar-refractivity contribution is 9.10. The molecule has 3 nitrogen and oxygen atoms in total. The molecule has 1 aromatic carbocycles. The number of hydrogen-bond acceptors (Lipinski definition) is 4. The van der Waals surface area contributed by atoms with Gasteiger partial charge in [0.05, 0.1) is 12.1 Å². The quantitative estimate of drug-likeness (QED) is 0.538. The summed E-state index contributed by atoms with van der Waals surface area (Å²) < 4.78 is -0.130. The van der Waals surface area contributed by atoms with Gasteiger partial charge in [0.15, 0.2) is 0 Å². The first-order valence-corrected chi connectivity index (χ1v) is 9.63. The molecule has 0 saturated heterocycles. The van der Waals surface area contributed by atoms with E-state index in [0.717, 1.165) is 16.7 Å². The predicted octanol–water partition coefficient (Wildman–Crippen LogP) is 4.71. The minimum atomic E-state index is -1.63. The minimum absolute atomic E-state index is 0.310. The van der Waals surface area contributed by atoms with E-state index >= 15 is 0 Å². The van der Waals surface area contributed by atoms with E-state index in [9.17, 15) is 4.79 Å². The second-order valence-electron chi connectivity index (χ2n) is 3.99. The molecule has 1 atom stereocenters. The van der Waals surface area contributed by atoms with Crippen LogP contribution >= 0.6 is 74.3 Å². The van der Waals surface area contributed by atoms with Crippen LogP contribution in [0.25, 0.3) is 0 Å². The van der Waals surface area contributed by atoms with Crippen molar-refractivity contribution in [3.8, 4) is 0 Å². The summed E-state index contributed by atoms with van der Waals surface area (Å²) in [5.74, 6) is 0.600. The number of nitrogens with one attached hydrogen (secondary N) is 1. The highest BCUT2D eigenvalue weighted by Crippen LogP contribution is 2.39. The lowest BCUT2D eigenvalue weighted by molar-refractivity contribution is 0.0949. The number of amides is 1. The Hall–Kier alpha value is 0.410. The van der Waals surface area contributed by atoms with Crippen LogP contribution in [0, 0.1) is 0 Å². The summed E-state index contributed by atoms with van der Waals surface area (Å²) in [5.41, 5.74) is 0.485. The van der Waals surface area contributed by atoms with E-state index in [4.69, 9.17) is 34.8 Å². The molecular weight excluding hydrogens is 439 g/mol. The fraction of sp³-hybridized carbons (Fsp3) is 0.333. The van der Waals surface area contributed by atoms with Crippen LogP contribution in [0.15, 0.2) is 33.7 Å². The molecule has 114 valence electrons. The Kier molecular flexibility index (Phi) is 6.59. The lowest BCUT2D eigenvalue weighted by Crippen LogP contribution is -2.42. The molecule has 0 unspecified atom stereocenters. The number of thioether (sulfide) groups is 2. The number of benzene rings is 1. The molecule has 0 spiro atoms. The van der Waals surface area contributed by atoms with Crippen LogP contribution in [0.3, 0.4) is 0 Å². The van der Waals surface area contributed by atoms with Gasteiger partial charge in [-0.3, -0.25) is 9.79 Å². The minimum Gasteiger partial charge on any atom is -0.336 e. The molecule has 1 aliphatic rings. The number of alkyl halides is 3. The van der Waals surface area contributed by atoms with Crippen molar-refractivity contribution < 1.29 is 4.79 Å². The van der Waals surface area contributed by atoms with Crippen molar-refractivity contribution in [2.75, 3.05) is 12.3 Å². The van der Waals surface area contributed by atoms with E-state index in [0.29, 0.717) is 10.0 Å².